The van der Waals surface area contributed by atoms with Gasteiger partial charge in [0.15, 0.2) is 0 Å². The summed E-state index contributed by atoms with van der Waals surface area (Å²) in [5.41, 5.74) is 3.35. The molecule has 1 atom stereocenters. The van der Waals surface area contributed by atoms with Crippen LogP contribution in [0.2, 0.25) is 0 Å². The molecule has 0 aliphatic heterocycles. The Balaban J connectivity index is 2.26. The summed E-state index contributed by atoms with van der Waals surface area (Å²) in [7, 11) is 1.68. The minimum absolute atomic E-state index is 0.122. The Bertz CT molecular complexity index is 596. The highest BCUT2D eigenvalue weighted by molar-refractivity contribution is 9.10. The van der Waals surface area contributed by atoms with E-state index in [1.54, 1.807) is 7.11 Å². The summed E-state index contributed by atoms with van der Waals surface area (Å²) in [6.07, 6.45) is 0.765. The van der Waals surface area contributed by atoms with Crippen LogP contribution in [0, 0.1) is 6.92 Å². The van der Waals surface area contributed by atoms with Crippen molar-refractivity contribution in [1.82, 2.24) is 0 Å². The molecule has 0 saturated heterocycles. The first-order valence-corrected chi connectivity index (χ1v) is 8.26. The van der Waals surface area contributed by atoms with E-state index in [9.17, 15) is 0 Å². The molecule has 0 aliphatic rings. The predicted octanol–water partition coefficient (Wildman–Crippen LogP) is 6.05. The molecule has 0 aromatic heterocycles. The van der Waals surface area contributed by atoms with Crippen LogP contribution in [0.1, 0.15) is 22.1 Å². The molecule has 2 aromatic carbocycles. The van der Waals surface area contributed by atoms with Crippen molar-refractivity contribution in [3.8, 4) is 5.75 Å². The van der Waals surface area contributed by atoms with Crippen LogP contribution >= 0.6 is 43.5 Å². The summed E-state index contributed by atoms with van der Waals surface area (Å²) in [5.74, 6) is 0.836. The van der Waals surface area contributed by atoms with Gasteiger partial charge in [-0.25, -0.2) is 0 Å². The lowest BCUT2D eigenvalue weighted by Crippen LogP contribution is -2.00. The van der Waals surface area contributed by atoms with Crippen LogP contribution < -0.4 is 4.74 Å². The van der Waals surface area contributed by atoms with Crippen molar-refractivity contribution in [2.45, 2.75) is 18.7 Å². The van der Waals surface area contributed by atoms with Crippen LogP contribution in [0.25, 0.3) is 0 Å². The van der Waals surface area contributed by atoms with Gasteiger partial charge in [-0.05, 0) is 48.7 Å². The molecule has 0 heterocycles. The third kappa shape index (κ3) is 3.78. The fourth-order valence-corrected chi connectivity index (χ4v) is 3.00. The fourth-order valence-electron chi connectivity index (χ4n) is 2.03. The second kappa shape index (κ2) is 6.97. The number of benzene rings is 2. The average molecular weight is 419 g/mol. The molecular formula is C16H15Br2ClO. The molecule has 0 bridgehead atoms. The molecule has 1 unspecified atom stereocenters. The first-order valence-electron chi connectivity index (χ1n) is 6.24. The van der Waals surface area contributed by atoms with Gasteiger partial charge in [-0.15, -0.1) is 11.6 Å². The first kappa shape index (κ1) is 15.9. The number of aryl methyl sites for hydroxylation is 1. The Hall–Kier alpha value is -0.510. The number of methoxy groups -OCH3 is 1. The lowest BCUT2D eigenvalue weighted by atomic mass is 10.0. The number of rotatable bonds is 4. The Morgan fingerprint density at radius 2 is 1.80 bits per heavy atom. The van der Waals surface area contributed by atoms with Crippen LogP contribution in [0.4, 0.5) is 0 Å². The van der Waals surface area contributed by atoms with Crippen molar-refractivity contribution >= 4 is 43.5 Å². The minimum atomic E-state index is -0.122. The van der Waals surface area contributed by atoms with Crippen molar-refractivity contribution in [2.24, 2.45) is 0 Å². The van der Waals surface area contributed by atoms with Crippen molar-refractivity contribution in [3.63, 3.8) is 0 Å². The minimum Gasteiger partial charge on any atom is -0.496 e. The maximum absolute atomic E-state index is 6.58. The lowest BCUT2D eigenvalue weighted by molar-refractivity contribution is 0.408. The third-order valence-electron chi connectivity index (χ3n) is 3.18. The molecule has 2 aromatic rings. The molecule has 0 spiro atoms. The van der Waals surface area contributed by atoms with Gasteiger partial charge in [0.2, 0.25) is 0 Å². The van der Waals surface area contributed by atoms with Gasteiger partial charge in [0.1, 0.15) is 5.75 Å². The van der Waals surface area contributed by atoms with Gasteiger partial charge in [0.05, 0.1) is 12.5 Å². The van der Waals surface area contributed by atoms with Crippen molar-refractivity contribution in [3.05, 3.63) is 62.0 Å². The summed E-state index contributed by atoms with van der Waals surface area (Å²) >= 11 is 13.6. The number of ether oxygens (including phenoxy) is 1. The topological polar surface area (TPSA) is 9.23 Å². The predicted molar refractivity (Wildman–Crippen MR) is 91.9 cm³/mol. The number of alkyl halides is 1. The van der Waals surface area contributed by atoms with Crippen LogP contribution in [-0.2, 0) is 6.42 Å². The van der Waals surface area contributed by atoms with E-state index in [1.165, 1.54) is 5.56 Å². The van der Waals surface area contributed by atoms with Gasteiger partial charge in [0, 0.05) is 14.5 Å². The molecule has 0 N–H and O–H groups in total. The largest absolute Gasteiger partial charge is 0.496 e. The summed E-state index contributed by atoms with van der Waals surface area (Å²) in [4.78, 5) is 0. The van der Waals surface area contributed by atoms with E-state index < -0.39 is 0 Å². The molecule has 4 heteroatoms. The Kier molecular flexibility index (Phi) is 5.53. The highest BCUT2D eigenvalue weighted by Crippen LogP contribution is 2.36. The highest BCUT2D eigenvalue weighted by Gasteiger charge is 2.16. The Morgan fingerprint density at radius 3 is 2.40 bits per heavy atom. The zero-order valence-corrected chi connectivity index (χ0v) is 15.2. The molecule has 0 fully saturated rings. The normalized spacial score (nSPS) is 12.2. The SMILES string of the molecule is COc1cc(C)c(Br)cc1C(Cl)Cc1ccc(Br)cc1. The second-order valence-electron chi connectivity index (χ2n) is 4.64. The molecule has 2 rings (SSSR count). The van der Waals surface area contributed by atoms with Gasteiger partial charge in [-0.3, -0.25) is 0 Å². The van der Waals surface area contributed by atoms with E-state index in [-0.39, 0.29) is 5.38 Å². The third-order valence-corrected chi connectivity index (χ3v) is 4.95. The summed E-state index contributed by atoms with van der Waals surface area (Å²) in [6, 6.07) is 12.3. The van der Waals surface area contributed by atoms with Crippen molar-refractivity contribution in [1.29, 1.82) is 0 Å². The number of hydrogen-bond acceptors (Lipinski definition) is 1. The first-order chi connectivity index (χ1) is 9.51. The molecule has 0 saturated carbocycles. The van der Waals surface area contributed by atoms with Gasteiger partial charge >= 0.3 is 0 Å². The van der Waals surface area contributed by atoms with E-state index in [0.717, 1.165) is 32.2 Å². The molecule has 0 amide bonds. The van der Waals surface area contributed by atoms with Gasteiger partial charge in [-0.2, -0.15) is 0 Å². The number of halogens is 3. The molecular weight excluding hydrogens is 403 g/mol. The van der Waals surface area contributed by atoms with Gasteiger partial charge in [0.25, 0.3) is 0 Å². The van der Waals surface area contributed by atoms with Crippen LogP contribution in [0.15, 0.2) is 45.3 Å². The zero-order valence-electron chi connectivity index (χ0n) is 11.3. The summed E-state index contributed by atoms with van der Waals surface area (Å²) in [5, 5.41) is -0.122. The van der Waals surface area contributed by atoms with E-state index >= 15 is 0 Å². The summed E-state index contributed by atoms with van der Waals surface area (Å²) < 4.78 is 7.57. The highest BCUT2D eigenvalue weighted by atomic mass is 79.9. The van der Waals surface area contributed by atoms with Crippen LogP contribution in [0.5, 0.6) is 5.75 Å². The maximum atomic E-state index is 6.58. The van der Waals surface area contributed by atoms with E-state index in [1.807, 2.05) is 31.2 Å². The second-order valence-corrected chi connectivity index (χ2v) is 6.94. The molecule has 0 radical (unpaired) electrons. The van der Waals surface area contributed by atoms with Crippen LogP contribution in [0.3, 0.4) is 0 Å². The standard InChI is InChI=1S/C16H15Br2ClO/c1-10-7-16(20-2)13(9-14(10)18)15(19)8-11-3-5-12(17)6-4-11/h3-7,9,15H,8H2,1-2H3. The van der Waals surface area contributed by atoms with E-state index in [2.05, 4.69) is 44.0 Å². The average Bonchev–Trinajstić information content (AvgIpc) is 2.43. The van der Waals surface area contributed by atoms with Crippen molar-refractivity contribution < 1.29 is 4.74 Å². The maximum Gasteiger partial charge on any atom is 0.123 e. The Labute approximate surface area is 141 Å². The number of hydrogen-bond donors (Lipinski definition) is 0. The van der Waals surface area contributed by atoms with Gasteiger partial charge < -0.3 is 4.74 Å². The van der Waals surface area contributed by atoms with E-state index in [4.69, 9.17) is 16.3 Å². The van der Waals surface area contributed by atoms with Crippen LogP contribution in [-0.4, -0.2) is 7.11 Å². The monoisotopic (exact) mass is 416 g/mol. The molecule has 106 valence electrons. The Morgan fingerprint density at radius 1 is 1.15 bits per heavy atom. The van der Waals surface area contributed by atoms with Crippen molar-refractivity contribution in [2.75, 3.05) is 7.11 Å². The smallest absolute Gasteiger partial charge is 0.123 e. The zero-order chi connectivity index (χ0) is 14.7. The molecule has 0 aliphatic carbocycles. The molecule has 20 heavy (non-hydrogen) atoms. The van der Waals surface area contributed by atoms with Gasteiger partial charge in [-0.1, -0.05) is 44.0 Å². The molecule has 1 nitrogen and oxygen atoms in total. The summed E-state index contributed by atoms with van der Waals surface area (Å²) in [6.45, 7) is 2.04. The fraction of sp³-hybridized carbons (Fsp3) is 0.250. The quantitative estimate of drug-likeness (QED) is 0.549. The van der Waals surface area contributed by atoms with E-state index in [0.29, 0.717) is 0 Å². The lowest BCUT2D eigenvalue weighted by Gasteiger charge is -2.16.